The number of carbonyl (C=O) groups excluding carboxylic acids is 2. The van der Waals surface area contributed by atoms with Crippen molar-refractivity contribution in [2.75, 3.05) is 11.5 Å². The summed E-state index contributed by atoms with van der Waals surface area (Å²) < 4.78 is 0.0430. The minimum Gasteiger partial charge on any atom is -0.477 e. The number of thiazole rings is 1. The van der Waals surface area contributed by atoms with Gasteiger partial charge in [-0.05, 0) is 30.2 Å². The summed E-state index contributed by atoms with van der Waals surface area (Å²) in [6.45, 7) is 0. The molecule has 4 rings (SSSR count). The number of anilines is 2. The number of aromatic nitrogens is 2. The first-order valence-electron chi connectivity index (χ1n) is 9.44. The maximum absolute atomic E-state index is 12.8. The maximum Gasteiger partial charge on any atom is 0.353 e. The van der Waals surface area contributed by atoms with Crippen molar-refractivity contribution in [3.63, 3.8) is 0 Å². The Balaban J connectivity index is 1.52. The SMILES string of the molecule is Nc1ccc(SC2=C(C(=O)O)N3C(=O)[C@@H](NC(=O)C(N=O)c4nc(N)sc4Cl)C3CC2)cn1. The van der Waals surface area contributed by atoms with Crippen LogP contribution in [0.3, 0.4) is 0 Å². The quantitative estimate of drug-likeness (QED) is 0.315. The van der Waals surface area contributed by atoms with Crippen LogP contribution in [-0.2, 0) is 14.4 Å². The van der Waals surface area contributed by atoms with E-state index in [0.717, 1.165) is 16.2 Å². The van der Waals surface area contributed by atoms with E-state index >= 15 is 0 Å². The predicted molar refractivity (Wildman–Crippen MR) is 121 cm³/mol. The molecule has 15 heteroatoms. The van der Waals surface area contributed by atoms with E-state index in [9.17, 15) is 24.4 Å². The number of carboxylic acids is 1. The molecule has 2 unspecified atom stereocenters. The topological polar surface area (TPSA) is 194 Å². The van der Waals surface area contributed by atoms with E-state index in [1.807, 2.05) is 0 Å². The van der Waals surface area contributed by atoms with Gasteiger partial charge in [0.2, 0.25) is 6.04 Å². The van der Waals surface area contributed by atoms with Crippen LogP contribution in [0.1, 0.15) is 24.6 Å². The molecular formula is C18H16ClN7O5S2. The van der Waals surface area contributed by atoms with Crippen molar-refractivity contribution < 1.29 is 19.5 Å². The van der Waals surface area contributed by atoms with Gasteiger partial charge in [-0.2, -0.15) is 0 Å². The number of aliphatic carboxylic acids is 1. The molecule has 3 atom stereocenters. The molecule has 1 saturated heterocycles. The van der Waals surface area contributed by atoms with Crippen molar-refractivity contribution in [1.29, 1.82) is 0 Å². The number of hydrogen-bond acceptors (Lipinski definition) is 11. The minimum absolute atomic E-state index is 0.0430. The monoisotopic (exact) mass is 509 g/mol. The molecule has 2 aliphatic rings. The Morgan fingerprint density at radius 1 is 1.39 bits per heavy atom. The Morgan fingerprint density at radius 2 is 2.15 bits per heavy atom. The third-order valence-corrected chi connectivity index (χ3v) is 7.37. The Bertz CT molecular complexity index is 1190. The molecule has 12 nitrogen and oxygen atoms in total. The third kappa shape index (κ3) is 4.24. The zero-order valence-electron chi connectivity index (χ0n) is 16.6. The summed E-state index contributed by atoms with van der Waals surface area (Å²) in [5.41, 5.74) is 10.9. The second kappa shape index (κ2) is 8.96. The average molecular weight is 510 g/mol. The van der Waals surface area contributed by atoms with Gasteiger partial charge in [0.05, 0.1) is 6.04 Å². The molecule has 4 heterocycles. The highest BCUT2D eigenvalue weighted by atomic mass is 35.5. The summed E-state index contributed by atoms with van der Waals surface area (Å²) in [4.78, 5) is 58.9. The van der Waals surface area contributed by atoms with Crippen LogP contribution in [-0.4, -0.2) is 49.8 Å². The molecule has 1 fully saturated rings. The van der Waals surface area contributed by atoms with Crippen molar-refractivity contribution in [2.24, 2.45) is 5.18 Å². The number of thioether (sulfide) groups is 1. The second-order valence-electron chi connectivity index (χ2n) is 7.12. The van der Waals surface area contributed by atoms with Gasteiger partial charge in [0.15, 0.2) is 5.13 Å². The normalized spacial score (nSPS) is 20.6. The fraction of sp³-hybridized carbons (Fsp3) is 0.278. The van der Waals surface area contributed by atoms with E-state index in [2.05, 4.69) is 20.5 Å². The van der Waals surface area contributed by atoms with Gasteiger partial charge in [-0.3, -0.25) is 14.5 Å². The van der Waals surface area contributed by atoms with Crippen LogP contribution < -0.4 is 16.8 Å². The first-order valence-corrected chi connectivity index (χ1v) is 11.5. The Kier molecular flexibility index (Phi) is 6.23. The Labute approximate surface area is 199 Å². The number of fused-ring (bicyclic) bond motifs is 1. The van der Waals surface area contributed by atoms with Crippen molar-refractivity contribution in [1.82, 2.24) is 20.2 Å². The number of nitrogens with zero attached hydrogens (tertiary/aromatic N) is 4. The number of carboxylic acid groups (broad SMARTS) is 1. The lowest BCUT2D eigenvalue weighted by atomic mass is 9.86. The number of nitroso groups, excluding NO2 is 1. The summed E-state index contributed by atoms with van der Waals surface area (Å²) in [7, 11) is 0. The number of carbonyl (C=O) groups is 3. The van der Waals surface area contributed by atoms with E-state index in [0.29, 0.717) is 28.5 Å². The molecule has 2 aromatic rings. The standard InChI is InChI=1S/C18H16ClN7O5S2/c19-14-11(24-18(21)33-14)12(25-31)15(27)23-10-7-2-3-8(13(17(29)30)26(7)16(10)28)32-6-1-4-9(20)22-5-6/h1,4-5,7,10,12H,2-3H2,(H2,20,22)(H2,21,24)(H,23,27)(H,29,30)/t7?,10-,12?/m0/s1. The number of amides is 2. The average Bonchev–Trinajstić information content (AvgIpc) is 3.11. The molecule has 6 N–H and O–H groups in total. The smallest absolute Gasteiger partial charge is 0.353 e. The lowest BCUT2D eigenvalue weighted by molar-refractivity contribution is -0.156. The molecule has 0 bridgehead atoms. The van der Waals surface area contributed by atoms with E-state index < -0.39 is 35.9 Å². The van der Waals surface area contributed by atoms with Gasteiger partial charge in [0, 0.05) is 16.0 Å². The molecule has 2 aromatic heterocycles. The largest absolute Gasteiger partial charge is 0.477 e. The van der Waals surface area contributed by atoms with E-state index in [4.69, 9.17) is 23.1 Å². The summed E-state index contributed by atoms with van der Waals surface area (Å²) >= 11 is 8.04. The molecule has 2 aliphatic heterocycles. The van der Waals surface area contributed by atoms with Gasteiger partial charge in [-0.1, -0.05) is 34.7 Å². The van der Waals surface area contributed by atoms with Crippen LogP contribution in [0, 0.1) is 4.91 Å². The van der Waals surface area contributed by atoms with Crippen LogP contribution in [0.4, 0.5) is 10.9 Å². The molecule has 2 amide bonds. The minimum atomic E-state index is -1.59. The van der Waals surface area contributed by atoms with Crippen LogP contribution in [0.15, 0.2) is 39.0 Å². The Hall–Kier alpha value is -3.23. The summed E-state index contributed by atoms with van der Waals surface area (Å²) in [6, 6.07) is 0.125. The number of β-lactam (4-membered cyclic amide) rings is 1. The lowest BCUT2D eigenvalue weighted by Gasteiger charge is -2.50. The van der Waals surface area contributed by atoms with Gasteiger partial charge >= 0.3 is 5.97 Å². The van der Waals surface area contributed by atoms with E-state index in [1.165, 1.54) is 18.0 Å². The summed E-state index contributed by atoms with van der Waals surface area (Å²) in [5, 5.41) is 15.1. The van der Waals surface area contributed by atoms with Crippen molar-refractivity contribution in [3.8, 4) is 0 Å². The van der Waals surface area contributed by atoms with Gasteiger partial charge < -0.3 is 21.9 Å². The highest BCUT2D eigenvalue weighted by molar-refractivity contribution is 8.03. The molecule has 0 aliphatic carbocycles. The van der Waals surface area contributed by atoms with Crippen molar-refractivity contribution in [2.45, 2.75) is 35.9 Å². The highest BCUT2D eigenvalue weighted by Gasteiger charge is 2.54. The number of nitrogen functional groups attached to an aromatic ring is 2. The molecule has 0 spiro atoms. The van der Waals surface area contributed by atoms with Crippen molar-refractivity contribution in [3.05, 3.63) is 43.9 Å². The van der Waals surface area contributed by atoms with Crippen LogP contribution >= 0.6 is 34.7 Å². The number of pyridine rings is 1. The van der Waals surface area contributed by atoms with Crippen LogP contribution in [0.25, 0.3) is 0 Å². The highest BCUT2D eigenvalue weighted by Crippen LogP contribution is 2.43. The van der Waals surface area contributed by atoms with Gasteiger partial charge in [0.1, 0.15) is 27.6 Å². The maximum atomic E-state index is 12.8. The second-order valence-corrected chi connectivity index (χ2v) is 9.92. The van der Waals surface area contributed by atoms with E-state index in [-0.39, 0.29) is 20.9 Å². The van der Waals surface area contributed by atoms with Gasteiger partial charge in [-0.15, -0.1) is 4.91 Å². The molecule has 0 saturated carbocycles. The number of halogens is 1. The molecule has 0 aromatic carbocycles. The van der Waals surface area contributed by atoms with Gasteiger partial charge in [0.25, 0.3) is 11.8 Å². The van der Waals surface area contributed by atoms with Crippen LogP contribution in [0.5, 0.6) is 0 Å². The number of rotatable bonds is 7. The first-order chi connectivity index (χ1) is 15.7. The zero-order chi connectivity index (χ0) is 23.9. The molecular weight excluding hydrogens is 494 g/mol. The lowest BCUT2D eigenvalue weighted by Crippen LogP contribution is -2.71. The fourth-order valence-corrected chi connectivity index (χ4v) is 5.68. The first kappa shape index (κ1) is 22.9. The molecule has 33 heavy (non-hydrogen) atoms. The molecule has 0 radical (unpaired) electrons. The number of nitrogens with one attached hydrogen (secondary N) is 1. The number of nitrogens with two attached hydrogens (primary N) is 2. The molecule has 172 valence electrons. The number of allylic oxidation sites excluding steroid dienone is 1. The fourth-order valence-electron chi connectivity index (χ4n) is 3.67. The van der Waals surface area contributed by atoms with E-state index in [1.54, 1.807) is 12.1 Å². The summed E-state index contributed by atoms with van der Waals surface area (Å²) in [5.74, 6) is -2.41. The predicted octanol–water partition coefficient (Wildman–Crippen LogP) is 1.74. The van der Waals surface area contributed by atoms with Crippen molar-refractivity contribution >= 4 is 63.4 Å². The number of hydrogen-bond donors (Lipinski definition) is 4. The Morgan fingerprint density at radius 3 is 2.73 bits per heavy atom. The van der Waals surface area contributed by atoms with Gasteiger partial charge in [-0.25, -0.2) is 14.8 Å². The third-order valence-electron chi connectivity index (χ3n) is 5.13. The zero-order valence-corrected chi connectivity index (χ0v) is 19.0. The summed E-state index contributed by atoms with van der Waals surface area (Å²) in [6.07, 6.45) is 2.28. The van der Waals surface area contributed by atoms with Crippen LogP contribution in [0.2, 0.25) is 4.34 Å².